The summed E-state index contributed by atoms with van der Waals surface area (Å²) in [5, 5.41) is 3.51. The van der Waals surface area contributed by atoms with Crippen LogP contribution in [0.3, 0.4) is 0 Å². The van der Waals surface area contributed by atoms with Crippen molar-refractivity contribution in [2.45, 2.75) is 46.6 Å². The van der Waals surface area contributed by atoms with E-state index in [4.69, 9.17) is 0 Å². The maximum Gasteiger partial charge on any atom is 0.00966 e. The third-order valence-corrected chi connectivity index (χ3v) is 2.35. The van der Waals surface area contributed by atoms with Crippen LogP contribution in [0.1, 0.15) is 37.5 Å². The summed E-state index contributed by atoms with van der Waals surface area (Å²) in [5.41, 5.74) is 4.38. The van der Waals surface area contributed by atoms with Gasteiger partial charge in [-0.25, -0.2) is 0 Å². The first-order valence-corrected chi connectivity index (χ1v) is 5.69. The summed E-state index contributed by atoms with van der Waals surface area (Å²) < 4.78 is 0. The number of rotatable bonds is 3. The Labute approximate surface area is 93.9 Å². The number of hydrogen-bond acceptors (Lipinski definition) is 1. The van der Waals surface area contributed by atoms with Gasteiger partial charge in [-0.3, -0.25) is 0 Å². The van der Waals surface area contributed by atoms with E-state index >= 15 is 0 Å². The fraction of sp³-hybridized carbons (Fsp3) is 0.571. The summed E-state index contributed by atoms with van der Waals surface area (Å²) in [5.74, 6) is 0. The van der Waals surface area contributed by atoms with Gasteiger partial charge in [0.1, 0.15) is 0 Å². The third kappa shape index (κ3) is 4.98. The first-order valence-electron chi connectivity index (χ1n) is 5.69. The number of nitrogens with one attached hydrogen (secondary N) is 1. The van der Waals surface area contributed by atoms with Crippen LogP contribution < -0.4 is 5.32 Å². The van der Waals surface area contributed by atoms with E-state index in [1.165, 1.54) is 16.7 Å². The Kier molecular flexibility index (Phi) is 3.92. The predicted octanol–water partition coefficient (Wildman–Crippen LogP) is 3.23. The Morgan fingerprint density at radius 3 is 2.00 bits per heavy atom. The molecule has 0 aliphatic rings. The summed E-state index contributed by atoms with van der Waals surface area (Å²) in [7, 11) is 0. The zero-order valence-corrected chi connectivity index (χ0v) is 10.6. The van der Waals surface area contributed by atoms with Gasteiger partial charge in [-0.15, -0.1) is 0 Å². The van der Waals surface area contributed by atoms with Gasteiger partial charge in [0, 0.05) is 5.54 Å². The minimum absolute atomic E-state index is 0.221. The molecule has 0 aliphatic heterocycles. The minimum atomic E-state index is 0.221. The van der Waals surface area contributed by atoms with Crippen LogP contribution in [0.5, 0.6) is 0 Å². The topological polar surface area (TPSA) is 12.0 Å². The second-order valence-electron chi connectivity index (χ2n) is 5.42. The lowest BCUT2D eigenvalue weighted by Crippen LogP contribution is -2.37. The molecule has 0 bridgehead atoms. The molecule has 1 aromatic rings. The molecule has 0 fully saturated rings. The molecule has 1 rings (SSSR count). The van der Waals surface area contributed by atoms with Gasteiger partial charge in [-0.1, -0.05) is 29.3 Å². The van der Waals surface area contributed by atoms with Crippen LogP contribution in [-0.2, 0) is 6.42 Å². The van der Waals surface area contributed by atoms with Crippen molar-refractivity contribution >= 4 is 0 Å². The van der Waals surface area contributed by atoms with Crippen molar-refractivity contribution in [2.75, 3.05) is 6.54 Å². The van der Waals surface area contributed by atoms with Crippen LogP contribution in [0, 0.1) is 13.8 Å². The summed E-state index contributed by atoms with van der Waals surface area (Å²) in [6.45, 7) is 12.0. The Morgan fingerprint density at radius 2 is 1.53 bits per heavy atom. The lowest BCUT2D eigenvalue weighted by Gasteiger charge is -2.20. The molecule has 0 saturated carbocycles. The largest absolute Gasteiger partial charge is 0.312 e. The molecule has 0 unspecified atom stereocenters. The van der Waals surface area contributed by atoms with E-state index < -0.39 is 0 Å². The maximum absolute atomic E-state index is 3.51. The third-order valence-electron chi connectivity index (χ3n) is 2.35. The fourth-order valence-electron chi connectivity index (χ4n) is 1.80. The summed E-state index contributed by atoms with van der Waals surface area (Å²) in [6.07, 6.45) is 1.11. The zero-order chi connectivity index (χ0) is 11.5. The Hall–Kier alpha value is -0.820. The van der Waals surface area contributed by atoms with E-state index in [1.807, 2.05) is 0 Å². The quantitative estimate of drug-likeness (QED) is 0.799. The molecule has 0 spiro atoms. The highest BCUT2D eigenvalue weighted by Crippen LogP contribution is 2.09. The van der Waals surface area contributed by atoms with Gasteiger partial charge in [0.15, 0.2) is 0 Å². The molecular formula is C14H23N. The average Bonchev–Trinajstić information content (AvgIpc) is 1.99. The molecule has 0 amide bonds. The predicted molar refractivity (Wildman–Crippen MR) is 67.4 cm³/mol. The molecule has 0 radical (unpaired) electrons. The lowest BCUT2D eigenvalue weighted by atomic mass is 10.0. The van der Waals surface area contributed by atoms with Gasteiger partial charge < -0.3 is 5.32 Å². The smallest absolute Gasteiger partial charge is 0.00966 e. The van der Waals surface area contributed by atoms with Gasteiger partial charge in [0.25, 0.3) is 0 Å². The lowest BCUT2D eigenvalue weighted by molar-refractivity contribution is 0.429. The van der Waals surface area contributed by atoms with Crippen LogP contribution in [0.4, 0.5) is 0 Å². The van der Waals surface area contributed by atoms with E-state index in [0.29, 0.717) is 0 Å². The van der Waals surface area contributed by atoms with Crippen LogP contribution in [-0.4, -0.2) is 12.1 Å². The normalized spacial score (nSPS) is 11.8. The number of aryl methyl sites for hydroxylation is 2. The molecule has 0 heterocycles. The fourth-order valence-corrected chi connectivity index (χ4v) is 1.80. The highest BCUT2D eigenvalue weighted by Gasteiger charge is 2.07. The van der Waals surface area contributed by atoms with Crippen molar-refractivity contribution in [1.82, 2.24) is 5.32 Å². The van der Waals surface area contributed by atoms with Gasteiger partial charge in [-0.05, 0) is 53.1 Å². The van der Waals surface area contributed by atoms with Crippen molar-refractivity contribution in [3.63, 3.8) is 0 Å². The maximum atomic E-state index is 3.51. The number of benzene rings is 1. The molecule has 0 saturated heterocycles. The zero-order valence-electron chi connectivity index (χ0n) is 10.6. The monoisotopic (exact) mass is 205 g/mol. The standard InChI is InChI=1S/C14H23N/c1-11-8-12(2)10-13(9-11)6-7-15-14(3,4)5/h8-10,15H,6-7H2,1-5H3. The van der Waals surface area contributed by atoms with Crippen LogP contribution >= 0.6 is 0 Å². The first kappa shape index (κ1) is 12.3. The Bertz CT molecular complexity index is 300. The average molecular weight is 205 g/mol. The van der Waals surface area contributed by atoms with E-state index in [1.54, 1.807) is 0 Å². The molecule has 0 aliphatic carbocycles. The van der Waals surface area contributed by atoms with Gasteiger partial charge in [0.2, 0.25) is 0 Å². The highest BCUT2D eigenvalue weighted by molar-refractivity contribution is 5.28. The van der Waals surface area contributed by atoms with E-state index in [-0.39, 0.29) is 5.54 Å². The highest BCUT2D eigenvalue weighted by atomic mass is 14.9. The summed E-state index contributed by atoms with van der Waals surface area (Å²) >= 11 is 0. The summed E-state index contributed by atoms with van der Waals surface area (Å²) in [4.78, 5) is 0. The molecular weight excluding hydrogens is 182 g/mol. The SMILES string of the molecule is Cc1cc(C)cc(CCNC(C)(C)C)c1. The summed E-state index contributed by atoms with van der Waals surface area (Å²) in [6, 6.07) is 6.77. The van der Waals surface area contributed by atoms with Crippen molar-refractivity contribution < 1.29 is 0 Å². The first-order chi connectivity index (χ1) is 6.87. The van der Waals surface area contributed by atoms with Crippen molar-refractivity contribution in [1.29, 1.82) is 0 Å². The molecule has 1 aromatic carbocycles. The molecule has 0 aromatic heterocycles. The second-order valence-corrected chi connectivity index (χ2v) is 5.42. The molecule has 1 N–H and O–H groups in total. The van der Waals surface area contributed by atoms with Crippen LogP contribution in [0.15, 0.2) is 18.2 Å². The van der Waals surface area contributed by atoms with Gasteiger partial charge >= 0.3 is 0 Å². The van der Waals surface area contributed by atoms with Crippen molar-refractivity contribution in [3.8, 4) is 0 Å². The van der Waals surface area contributed by atoms with Crippen LogP contribution in [0.2, 0.25) is 0 Å². The Morgan fingerprint density at radius 1 is 1.00 bits per heavy atom. The van der Waals surface area contributed by atoms with Gasteiger partial charge in [-0.2, -0.15) is 0 Å². The van der Waals surface area contributed by atoms with Crippen molar-refractivity contribution in [3.05, 3.63) is 34.9 Å². The van der Waals surface area contributed by atoms with Crippen LogP contribution in [0.25, 0.3) is 0 Å². The van der Waals surface area contributed by atoms with E-state index in [9.17, 15) is 0 Å². The molecule has 0 atom stereocenters. The molecule has 1 heteroatoms. The van der Waals surface area contributed by atoms with Crippen molar-refractivity contribution in [2.24, 2.45) is 0 Å². The second kappa shape index (κ2) is 4.80. The molecule has 1 nitrogen and oxygen atoms in total. The van der Waals surface area contributed by atoms with E-state index in [2.05, 4.69) is 58.1 Å². The Balaban J connectivity index is 2.51. The molecule has 84 valence electrons. The molecule has 15 heavy (non-hydrogen) atoms. The minimum Gasteiger partial charge on any atom is -0.312 e. The number of hydrogen-bond donors (Lipinski definition) is 1. The van der Waals surface area contributed by atoms with Gasteiger partial charge in [0.05, 0.1) is 0 Å². The van der Waals surface area contributed by atoms with E-state index in [0.717, 1.165) is 13.0 Å².